The van der Waals surface area contributed by atoms with Crippen LogP contribution >= 0.6 is 0 Å². The average molecular weight is 885 g/mol. The highest BCUT2D eigenvalue weighted by Crippen LogP contribution is 2.42. The zero-order chi connectivity index (χ0) is 45.5. The van der Waals surface area contributed by atoms with Crippen molar-refractivity contribution in [2.75, 3.05) is 68.8 Å². The van der Waals surface area contributed by atoms with E-state index in [4.69, 9.17) is 34.2 Å². The number of unbranched alkanes of at least 4 members (excludes halogenated alkanes) is 2. The van der Waals surface area contributed by atoms with Crippen LogP contribution in [0.1, 0.15) is 78.1 Å². The number of anilines is 3. The van der Waals surface area contributed by atoms with E-state index in [1.165, 1.54) is 37.3 Å². The van der Waals surface area contributed by atoms with E-state index in [0.717, 1.165) is 17.7 Å². The van der Waals surface area contributed by atoms with Crippen molar-refractivity contribution < 1.29 is 57.5 Å². The third-order valence-corrected chi connectivity index (χ3v) is 11.8. The first-order chi connectivity index (χ1) is 30.9. The Morgan fingerprint density at radius 1 is 0.828 bits per heavy atom. The smallest absolute Gasteiger partial charge is 0.416 e. The third kappa shape index (κ3) is 9.67. The van der Waals surface area contributed by atoms with Crippen molar-refractivity contribution in [2.24, 2.45) is 5.73 Å². The first-order valence-corrected chi connectivity index (χ1v) is 21.6. The van der Waals surface area contributed by atoms with Crippen LogP contribution in [0.3, 0.4) is 0 Å². The summed E-state index contributed by atoms with van der Waals surface area (Å²) in [5.74, 6) is 0.454. The van der Waals surface area contributed by atoms with Crippen LogP contribution in [0.2, 0.25) is 0 Å². The standard InChI is InChI=1S/C46H56N6O12/c1-5-19-63-46(58)52-36-25-40(38(60-4)23-33(36)43(55)50-18-10-12-34(50)44(52)56)62-21-8-6-7-20-61-39-24-35-32(22-37(39)59-3)42(54)49-17-9-11-31(49)26-51(35)45(57)64-27-29-13-15-30(16-14-29)48-41(53)28(2)47/h5,13-16,22-25,28,31,34,44,56H,1,6-12,17-21,26-27,47H2,2-4H3,(H,48,53)/t28-,31-,34-,44?/m0/s1. The average Bonchev–Trinajstić information content (AvgIpc) is 3.96. The first kappa shape index (κ1) is 45.5. The maximum Gasteiger partial charge on any atom is 0.416 e. The SMILES string of the molecule is C=CCOC(=O)N1c2cc(OCCCCCOc3cc4c(cc3OC)C(=O)N3CCC[C@H]3CN4C(=O)OCc3ccc(NC(=O)[C@H](C)N)cc3)c(OC)cc2C(=O)N2CCC[C@H]2C1O. The molecule has 3 aromatic rings. The van der Waals surface area contributed by atoms with Crippen molar-refractivity contribution in [1.29, 1.82) is 0 Å². The summed E-state index contributed by atoms with van der Waals surface area (Å²) in [4.78, 5) is 72.6. The highest BCUT2D eigenvalue weighted by Gasteiger charge is 2.45. The molecule has 18 heteroatoms. The number of benzene rings is 3. The first-order valence-electron chi connectivity index (χ1n) is 21.6. The minimum absolute atomic E-state index is 0.0396. The maximum absolute atomic E-state index is 13.9. The number of ether oxygens (including phenoxy) is 6. The Morgan fingerprint density at radius 2 is 1.44 bits per heavy atom. The molecule has 4 aliphatic rings. The number of aliphatic hydroxyl groups is 1. The lowest BCUT2D eigenvalue weighted by atomic mass is 10.1. The number of nitrogens with zero attached hydrogens (tertiary/aromatic N) is 4. The molecule has 2 fully saturated rings. The lowest BCUT2D eigenvalue weighted by molar-refractivity contribution is -0.117. The second-order valence-corrected chi connectivity index (χ2v) is 16.1. The zero-order valence-corrected chi connectivity index (χ0v) is 36.4. The van der Waals surface area contributed by atoms with Crippen molar-refractivity contribution in [3.63, 3.8) is 0 Å². The molecule has 2 saturated heterocycles. The van der Waals surface area contributed by atoms with Crippen LogP contribution in [0.4, 0.5) is 26.7 Å². The molecule has 4 N–H and O–H groups in total. The van der Waals surface area contributed by atoms with Crippen molar-refractivity contribution in [3.8, 4) is 23.0 Å². The lowest BCUT2D eigenvalue weighted by Crippen LogP contribution is -2.50. The summed E-state index contributed by atoms with van der Waals surface area (Å²) in [6, 6.07) is 11.8. The molecule has 64 heavy (non-hydrogen) atoms. The molecule has 4 heterocycles. The van der Waals surface area contributed by atoms with Gasteiger partial charge < -0.3 is 54.4 Å². The highest BCUT2D eigenvalue weighted by atomic mass is 16.6. The fourth-order valence-corrected chi connectivity index (χ4v) is 8.48. The quantitative estimate of drug-likeness (QED) is 0.121. The third-order valence-electron chi connectivity index (χ3n) is 11.8. The van der Waals surface area contributed by atoms with E-state index in [9.17, 15) is 29.1 Å². The normalized spacial score (nSPS) is 19.3. The molecule has 5 amide bonds. The Bertz CT molecular complexity index is 2230. The van der Waals surface area contributed by atoms with Crippen LogP contribution in [-0.4, -0.2) is 123 Å². The van der Waals surface area contributed by atoms with Gasteiger partial charge in [-0.2, -0.15) is 0 Å². The molecular weight excluding hydrogens is 829 g/mol. The second-order valence-electron chi connectivity index (χ2n) is 16.1. The number of nitrogens with one attached hydrogen (secondary N) is 1. The molecule has 3 aromatic carbocycles. The Hall–Kier alpha value is -6.53. The van der Waals surface area contributed by atoms with Gasteiger partial charge in [-0.3, -0.25) is 19.3 Å². The Morgan fingerprint density at radius 3 is 2.08 bits per heavy atom. The molecule has 7 rings (SSSR count). The predicted molar refractivity (Wildman–Crippen MR) is 235 cm³/mol. The number of hydrogen-bond acceptors (Lipinski definition) is 13. The molecule has 0 spiro atoms. The largest absolute Gasteiger partial charge is 0.493 e. The van der Waals surface area contributed by atoms with Crippen molar-refractivity contribution >= 4 is 47.0 Å². The molecule has 18 nitrogen and oxygen atoms in total. The fraction of sp³-hybridized carbons (Fsp3) is 0.457. The highest BCUT2D eigenvalue weighted by molar-refractivity contribution is 6.07. The molecule has 1 unspecified atom stereocenters. The number of amides is 5. The summed E-state index contributed by atoms with van der Waals surface area (Å²) in [5, 5.41) is 14.1. The molecule has 4 atom stereocenters. The van der Waals surface area contributed by atoms with Gasteiger partial charge in [0.15, 0.2) is 29.2 Å². The number of nitrogens with two attached hydrogens (primary N) is 1. The van der Waals surface area contributed by atoms with E-state index in [0.29, 0.717) is 84.9 Å². The van der Waals surface area contributed by atoms with E-state index in [2.05, 4.69) is 11.9 Å². The Balaban J connectivity index is 0.993. The number of hydrogen-bond donors (Lipinski definition) is 3. The molecule has 0 aromatic heterocycles. The van der Waals surface area contributed by atoms with E-state index in [-0.39, 0.29) is 73.7 Å². The minimum atomic E-state index is -1.34. The van der Waals surface area contributed by atoms with E-state index in [1.807, 2.05) is 0 Å². The van der Waals surface area contributed by atoms with Gasteiger partial charge in [-0.1, -0.05) is 24.8 Å². The van der Waals surface area contributed by atoms with Gasteiger partial charge in [-0.05, 0) is 81.7 Å². The van der Waals surface area contributed by atoms with E-state index >= 15 is 0 Å². The Kier molecular flexibility index (Phi) is 14.4. The zero-order valence-electron chi connectivity index (χ0n) is 36.4. The molecule has 0 bridgehead atoms. The van der Waals surface area contributed by atoms with Crippen LogP contribution in [0.5, 0.6) is 23.0 Å². The number of aliphatic hydroxyl groups excluding tert-OH is 1. The van der Waals surface area contributed by atoms with Crippen LogP contribution < -0.4 is 39.8 Å². The molecule has 0 saturated carbocycles. The molecule has 4 aliphatic heterocycles. The second kappa shape index (κ2) is 20.3. The molecular formula is C46H56N6O12. The number of methoxy groups -OCH3 is 2. The maximum atomic E-state index is 13.9. The summed E-state index contributed by atoms with van der Waals surface area (Å²) in [6.45, 7) is 6.88. The number of carbonyl (C=O) groups excluding carboxylic acids is 5. The van der Waals surface area contributed by atoms with Gasteiger partial charge in [-0.25, -0.2) is 14.5 Å². The van der Waals surface area contributed by atoms with Gasteiger partial charge in [0.05, 0.1) is 68.1 Å². The summed E-state index contributed by atoms with van der Waals surface area (Å²) >= 11 is 0. The summed E-state index contributed by atoms with van der Waals surface area (Å²) in [6.07, 6.45) is 3.32. The van der Waals surface area contributed by atoms with Gasteiger partial charge in [0.2, 0.25) is 5.91 Å². The Labute approximate surface area is 371 Å². The molecule has 0 radical (unpaired) electrons. The summed E-state index contributed by atoms with van der Waals surface area (Å²) < 4.78 is 34.8. The molecule has 342 valence electrons. The van der Waals surface area contributed by atoms with Gasteiger partial charge in [0.1, 0.15) is 13.2 Å². The fourth-order valence-electron chi connectivity index (χ4n) is 8.48. The van der Waals surface area contributed by atoms with Gasteiger partial charge in [-0.15, -0.1) is 0 Å². The lowest BCUT2D eigenvalue weighted by Gasteiger charge is -2.31. The predicted octanol–water partition coefficient (Wildman–Crippen LogP) is 5.44. The van der Waals surface area contributed by atoms with Gasteiger partial charge in [0.25, 0.3) is 11.8 Å². The van der Waals surface area contributed by atoms with Crippen molar-refractivity contribution in [2.45, 2.75) is 82.8 Å². The monoisotopic (exact) mass is 884 g/mol. The summed E-state index contributed by atoms with van der Waals surface area (Å²) in [5.41, 5.74) is 7.93. The molecule has 0 aliphatic carbocycles. The van der Waals surface area contributed by atoms with Crippen LogP contribution in [-0.2, 0) is 20.9 Å². The summed E-state index contributed by atoms with van der Waals surface area (Å²) in [7, 11) is 2.95. The van der Waals surface area contributed by atoms with Crippen LogP contribution in [0.25, 0.3) is 0 Å². The topological polar surface area (TPSA) is 212 Å². The number of fused-ring (bicyclic) bond motifs is 4. The van der Waals surface area contributed by atoms with Crippen LogP contribution in [0.15, 0.2) is 61.2 Å². The van der Waals surface area contributed by atoms with Gasteiger partial charge in [0, 0.05) is 37.5 Å². The van der Waals surface area contributed by atoms with Crippen molar-refractivity contribution in [1.82, 2.24) is 9.80 Å². The van der Waals surface area contributed by atoms with E-state index < -0.39 is 30.5 Å². The van der Waals surface area contributed by atoms with Crippen LogP contribution in [0, 0.1) is 0 Å². The van der Waals surface area contributed by atoms with Gasteiger partial charge >= 0.3 is 12.2 Å². The van der Waals surface area contributed by atoms with E-state index in [1.54, 1.807) is 53.1 Å². The number of rotatable bonds is 16. The minimum Gasteiger partial charge on any atom is -0.493 e. The van der Waals surface area contributed by atoms with Crippen molar-refractivity contribution in [3.05, 3.63) is 77.9 Å². The number of carbonyl (C=O) groups is 5.